The van der Waals surface area contributed by atoms with Gasteiger partial charge in [-0.05, 0) is 48.9 Å². The molecule has 0 aromatic heterocycles. The lowest BCUT2D eigenvalue weighted by Crippen LogP contribution is -2.31. The predicted molar refractivity (Wildman–Crippen MR) is 76.8 cm³/mol. The van der Waals surface area contributed by atoms with E-state index in [9.17, 15) is 9.90 Å². The topological polar surface area (TPSA) is 46.5 Å². The Hall–Kier alpha value is -1.35. The molecule has 108 valence electrons. The molecule has 3 heteroatoms. The number of hydrogen-bond donors (Lipinski definition) is 1. The Morgan fingerprint density at radius 2 is 2.10 bits per heavy atom. The summed E-state index contributed by atoms with van der Waals surface area (Å²) in [5.74, 6) is 1.18. The third-order valence-electron chi connectivity index (χ3n) is 4.81. The summed E-state index contributed by atoms with van der Waals surface area (Å²) in [4.78, 5) is 11.5. The fourth-order valence-corrected chi connectivity index (χ4v) is 3.58. The van der Waals surface area contributed by atoms with Gasteiger partial charge >= 0.3 is 0 Å². The molecule has 0 saturated heterocycles. The molecule has 3 rings (SSSR count). The van der Waals surface area contributed by atoms with Crippen LogP contribution in [0.2, 0.25) is 0 Å². The monoisotopic (exact) mass is 274 g/mol. The largest absolute Gasteiger partial charge is 0.494 e. The van der Waals surface area contributed by atoms with Crippen LogP contribution in [-0.2, 0) is 11.2 Å². The summed E-state index contributed by atoms with van der Waals surface area (Å²) in [6, 6.07) is 6.06. The molecule has 0 aliphatic heterocycles. The first-order chi connectivity index (χ1) is 9.64. The van der Waals surface area contributed by atoms with E-state index >= 15 is 0 Å². The maximum Gasteiger partial charge on any atom is 0.132 e. The van der Waals surface area contributed by atoms with E-state index in [0.29, 0.717) is 25.2 Å². The number of ether oxygens (including phenoxy) is 1. The lowest BCUT2D eigenvalue weighted by molar-refractivity contribution is -0.124. The van der Waals surface area contributed by atoms with E-state index in [-0.39, 0.29) is 5.41 Å². The van der Waals surface area contributed by atoms with Gasteiger partial charge in [0.15, 0.2) is 0 Å². The van der Waals surface area contributed by atoms with Crippen molar-refractivity contribution in [1.82, 2.24) is 0 Å². The summed E-state index contributed by atoms with van der Waals surface area (Å²) < 4.78 is 5.66. The van der Waals surface area contributed by atoms with Gasteiger partial charge in [-0.2, -0.15) is 0 Å². The number of aliphatic hydroxyl groups excluding tert-OH is 1. The Morgan fingerprint density at radius 3 is 2.80 bits per heavy atom. The van der Waals surface area contributed by atoms with Crippen molar-refractivity contribution in [2.45, 2.75) is 51.6 Å². The molecular formula is C17H22O3. The molecule has 3 nitrogen and oxygen atoms in total. The van der Waals surface area contributed by atoms with Gasteiger partial charge in [0.1, 0.15) is 11.5 Å². The second-order valence-electron chi connectivity index (χ2n) is 6.19. The number of rotatable bonds is 3. The van der Waals surface area contributed by atoms with E-state index in [1.54, 1.807) is 0 Å². The van der Waals surface area contributed by atoms with Crippen LogP contribution in [0.15, 0.2) is 18.2 Å². The lowest BCUT2D eigenvalue weighted by Gasteiger charge is -2.36. The number of hydrogen-bond acceptors (Lipinski definition) is 3. The third kappa shape index (κ3) is 2.24. The Bertz CT molecular complexity index is 511. The SMILES string of the molecule is CCCOc1ccc2c(c1)C(O)C1(CCC(=O)CC1)C2. The van der Waals surface area contributed by atoms with Gasteiger partial charge in [-0.25, -0.2) is 0 Å². The Balaban J connectivity index is 1.83. The molecule has 0 bridgehead atoms. The molecule has 1 atom stereocenters. The van der Waals surface area contributed by atoms with Crippen LogP contribution >= 0.6 is 0 Å². The first kappa shape index (κ1) is 13.6. The van der Waals surface area contributed by atoms with E-state index < -0.39 is 6.10 Å². The highest BCUT2D eigenvalue weighted by molar-refractivity contribution is 5.79. The number of fused-ring (bicyclic) bond motifs is 1. The van der Waals surface area contributed by atoms with Crippen molar-refractivity contribution in [2.75, 3.05) is 6.61 Å². The van der Waals surface area contributed by atoms with Crippen molar-refractivity contribution < 1.29 is 14.6 Å². The summed E-state index contributed by atoms with van der Waals surface area (Å²) in [7, 11) is 0. The summed E-state index contributed by atoms with van der Waals surface area (Å²) in [5, 5.41) is 10.7. The van der Waals surface area contributed by atoms with Crippen molar-refractivity contribution >= 4 is 5.78 Å². The van der Waals surface area contributed by atoms with Gasteiger partial charge in [0.2, 0.25) is 0 Å². The maximum absolute atomic E-state index is 11.5. The zero-order chi connectivity index (χ0) is 14.2. The van der Waals surface area contributed by atoms with Crippen molar-refractivity contribution in [3.05, 3.63) is 29.3 Å². The van der Waals surface area contributed by atoms with Crippen LogP contribution in [0, 0.1) is 5.41 Å². The molecular weight excluding hydrogens is 252 g/mol. The average molecular weight is 274 g/mol. The van der Waals surface area contributed by atoms with Gasteiger partial charge in [0, 0.05) is 18.3 Å². The lowest BCUT2D eigenvalue weighted by atomic mass is 9.70. The number of carbonyl (C=O) groups excluding carboxylic acids is 1. The second-order valence-corrected chi connectivity index (χ2v) is 6.19. The minimum atomic E-state index is -0.448. The van der Waals surface area contributed by atoms with Crippen LogP contribution in [0.3, 0.4) is 0 Å². The zero-order valence-corrected chi connectivity index (χ0v) is 12.0. The first-order valence-electron chi connectivity index (χ1n) is 7.60. The molecule has 1 spiro atoms. The average Bonchev–Trinajstić information content (AvgIpc) is 2.73. The van der Waals surface area contributed by atoms with Crippen LogP contribution in [0.4, 0.5) is 0 Å². The fraction of sp³-hybridized carbons (Fsp3) is 0.588. The number of ketones is 1. The standard InChI is InChI=1S/C17H22O3/c1-2-9-20-14-4-3-12-11-17(16(19)15(12)10-14)7-5-13(18)6-8-17/h3-4,10,16,19H,2,5-9,11H2,1H3. The first-order valence-corrected chi connectivity index (χ1v) is 7.60. The van der Waals surface area contributed by atoms with Gasteiger partial charge in [-0.3, -0.25) is 4.79 Å². The summed E-state index contributed by atoms with van der Waals surface area (Å²) in [6.45, 7) is 2.78. The molecule has 0 heterocycles. The van der Waals surface area contributed by atoms with Gasteiger partial charge < -0.3 is 9.84 Å². The molecule has 1 N–H and O–H groups in total. The summed E-state index contributed by atoms with van der Waals surface area (Å²) in [5.41, 5.74) is 2.11. The Labute approximate surface area is 120 Å². The molecule has 2 aliphatic rings. The summed E-state index contributed by atoms with van der Waals surface area (Å²) >= 11 is 0. The zero-order valence-electron chi connectivity index (χ0n) is 12.0. The van der Waals surface area contributed by atoms with E-state index in [2.05, 4.69) is 13.0 Å². The van der Waals surface area contributed by atoms with Crippen molar-refractivity contribution in [3.63, 3.8) is 0 Å². The quantitative estimate of drug-likeness (QED) is 0.920. The molecule has 0 amide bonds. The molecule has 1 aromatic rings. The summed E-state index contributed by atoms with van der Waals surface area (Å²) in [6.07, 6.45) is 4.28. The highest BCUT2D eigenvalue weighted by atomic mass is 16.5. The third-order valence-corrected chi connectivity index (χ3v) is 4.81. The second kappa shape index (κ2) is 5.21. The van der Waals surface area contributed by atoms with Crippen molar-refractivity contribution in [3.8, 4) is 5.75 Å². The van der Waals surface area contributed by atoms with Crippen LogP contribution in [0.1, 0.15) is 56.3 Å². The minimum Gasteiger partial charge on any atom is -0.494 e. The van der Waals surface area contributed by atoms with Gasteiger partial charge in [-0.15, -0.1) is 0 Å². The molecule has 1 unspecified atom stereocenters. The number of benzene rings is 1. The van der Waals surface area contributed by atoms with Gasteiger partial charge in [-0.1, -0.05) is 13.0 Å². The van der Waals surface area contributed by atoms with Gasteiger partial charge in [0.05, 0.1) is 12.7 Å². The normalized spacial score (nSPS) is 23.9. The molecule has 1 aromatic carbocycles. The predicted octanol–water partition coefficient (Wildman–Crippen LogP) is 3.19. The van der Waals surface area contributed by atoms with Crippen LogP contribution in [0.5, 0.6) is 5.75 Å². The van der Waals surface area contributed by atoms with E-state index in [4.69, 9.17) is 4.74 Å². The number of aliphatic hydroxyl groups is 1. The molecule has 1 saturated carbocycles. The Kier molecular flexibility index (Phi) is 3.55. The van der Waals surface area contributed by atoms with E-state index in [1.165, 1.54) is 5.56 Å². The number of carbonyl (C=O) groups is 1. The fourth-order valence-electron chi connectivity index (χ4n) is 3.58. The minimum absolute atomic E-state index is 0.111. The number of Topliss-reactive ketones (excluding diaryl/α,β-unsaturated/α-hetero) is 1. The highest BCUT2D eigenvalue weighted by Gasteiger charge is 2.47. The van der Waals surface area contributed by atoms with Crippen molar-refractivity contribution in [2.24, 2.45) is 5.41 Å². The van der Waals surface area contributed by atoms with Crippen molar-refractivity contribution in [1.29, 1.82) is 0 Å². The highest BCUT2D eigenvalue weighted by Crippen LogP contribution is 2.53. The van der Waals surface area contributed by atoms with Crippen LogP contribution in [0.25, 0.3) is 0 Å². The Morgan fingerprint density at radius 1 is 1.35 bits per heavy atom. The molecule has 1 fully saturated rings. The molecule has 0 radical (unpaired) electrons. The maximum atomic E-state index is 11.5. The molecule has 2 aliphatic carbocycles. The molecule has 20 heavy (non-hydrogen) atoms. The van der Waals surface area contributed by atoms with E-state index in [0.717, 1.165) is 37.0 Å². The van der Waals surface area contributed by atoms with E-state index in [1.807, 2.05) is 12.1 Å². The van der Waals surface area contributed by atoms with Crippen LogP contribution in [-0.4, -0.2) is 17.5 Å². The van der Waals surface area contributed by atoms with Gasteiger partial charge in [0.25, 0.3) is 0 Å². The van der Waals surface area contributed by atoms with Crippen LogP contribution < -0.4 is 4.74 Å². The smallest absolute Gasteiger partial charge is 0.132 e.